The summed E-state index contributed by atoms with van der Waals surface area (Å²) in [6.07, 6.45) is 4.71. The van der Waals surface area contributed by atoms with Crippen molar-refractivity contribution in [3.63, 3.8) is 0 Å². The first-order valence-corrected chi connectivity index (χ1v) is 7.73. The highest BCUT2D eigenvalue weighted by atomic mass is 32.1. The van der Waals surface area contributed by atoms with Gasteiger partial charge in [-0.15, -0.1) is 0 Å². The normalized spacial score (nSPS) is 22.4. The van der Waals surface area contributed by atoms with Crippen LogP contribution in [-0.2, 0) is 9.59 Å². The summed E-state index contributed by atoms with van der Waals surface area (Å²) < 4.78 is 0. The van der Waals surface area contributed by atoms with Gasteiger partial charge in [0.25, 0.3) is 0 Å². The van der Waals surface area contributed by atoms with Crippen LogP contribution in [-0.4, -0.2) is 52.8 Å². The first-order valence-electron chi connectivity index (χ1n) is 7.32. The molecule has 2 rings (SSSR count). The van der Waals surface area contributed by atoms with Crippen molar-refractivity contribution in [3.05, 3.63) is 0 Å². The topological polar surface area (TPSA) is 66.6 Å². The van der Waals surface area contributed by atoms with Gasteiger partial charge in [-0.25, -0.2) is 0 Å². The van der Waals surface area contributed by atoms with E-state index in [4.69, 9.17) is 18.0 Å². The molecule has 1 heterocycles. The lowest BCUT2D eigenvalue weighted by atomic mass is 9.72. The molecule has 0 atom stereocenters. The van der Waals surface area contributed by atoms with Crippen LogP contribution >= 0.6 is 12.2 Å². The lowest BCUT2D eigenvalue weighted by Crippen LogP contribution is -2.57. The Bertz CT molecular complexity index is 411. The zero-order valence-corrected chi connectivity index (χ0v) is 12.9. The molecule has 20 heavy (non-hydrogen) atoms. The van der Waals surface area contributed by atoms with Crippen molar-refractivity contribution >= 4 is 29.0 Å². The molecule has 2 amide bonds. The summed E-state index contributed by atoms with van der Waals surface area (Å²) in [6.45, 7) is 3.95. The van der Waals surface area contributed by atoms with Crippen LogP contribution in [0.5, 0.6) is 0 Å². The fraction of sp³-hybridized carbons (Fsp3) is 0.786. The Labute approximate surface area is 125 Å². The van der Waals surface area contributed by atoms with Gasteiger partial charge in [-0.1, -0.05) is 31.5 Å². The first-order chi connectivity index (χ1) is 9.47. The maximum atomic E-state index is 12.8. The molecule has 2 fully saturated rings. The van der Waals surface area contributed by atoms with E-state index in [0.717, 1.165) is 32.1 Å². The minimum atomic E-state index is -0.633. The number of carbonyl (C=O) groups is 2. The minimum absolute atomic E-state index is 0.0684. The largest absolute Gasteiger partial charge is 0.392 e. The maximum absolute atomic E-state index is 12.8. The fourth-order valence-electron chi connectivity index (χ4n) is 3.25. The van der Waals surface area contributed by atoms with Gasteiger partial charge in [0.2, 0.25) is 11.8 Å². The molecule has 0 radical (unpaired) electrons. The maximum Gasteiger partial charge on any atom is 0.235 e. The van der Waals surface area contributed by atoms with E-state index in [2.05, 4.69) is 0 Å². The number of carbonyl (C=O) groups excluding carboxylic acids is 2. The average Bonchev–Trinajstić information content (AvgIpc) is 2.47. The summed E-state index contributed by atoms with van der Waals surface area (Å²) in [6, 6.07) is 0. The Morgan fingerprint density at radius 2 is 1.50 bits per heavy atom. The van der Waals surface area contributed by atoms with Crippen molar-refractivity contribution in [2.45, 2.75) is 39.0 Å². The second kappa shape index (κ2) is 6.08. The van der Waals surface area contributed by atoms with Gasteiger partial charge in [0.15, 0.2) is 0 Å². The zero-order chi connectivity index (χ0) is 14.8. The molecule has 1 saturated heterocycles. The van der Waals surface area contributed by atoms with Crippen molar-refractivity contribution in [3.8, 4) is 0 Å². The van der Waals surface area contributed by atoms with Crippen LogP contribution in [0.4, 0.5) is 0 Å². The summed E-state index contributed by atoms with van der Waals surface area (Å²) in [5.41, 5.74) is 5.27. The summed E-state index contributed by atoms with van der Waals surface area (Å²) in [5, 5.41) is 0. The Morgan fingerprint density at radius 3 is 1.95 bits per heavy atom. The van der Waals surface area contributed by atoms with Crippen LogP contribution in [0, 0.1) is 5.41 Å². The quantitative estimate of drug-likeness (QED) is 0.770. The number of piperazine rings is 1. The van der Waals surface area contributed by atoms with Crippen molar-refractivity contribution in [2.24, 2.45) is 11.1 Å². The van der Waals surface area contributed by atoms with Crippen LogP contribution in [0.3, 0.4) is 0 Å². The van der Waals surface area contributed by atoms with Gasteiger partial charge in [0, 0.05) is 33.1 Å². The number of nitrogens with two attached hydrogens (primary N) is 1. The van der Waals surface area contributed by atoms with Gasteiger partial charge < -0.3 is 15.5 Å². The SMILES string of the molecule is CC(=O)N1CCN(C(=O)C2(C(N)=S)CCCCC2)CC1. The molecule has 6 heteroatoms. The molecule has 2 N–H and O–H groups in total. The Morgan fingerprint density at radius 1 is 1.00 bits per heavy atom. The Hall–Kier alpha value is -1.17. The second-order valence-corrected chi connectivity index (χ2v) is 6.25. The predicted octanol–water partition coefficient (Wildman–Crippen LogP) is 0.914. The summed E-state index contributed by atoms with van der Waals surface area (Å²) in [4.78, 5) is 28.1. The molecular weight excluding hydrogens is 274 g/mol. The summed E-state index contributed by atoms with van der Waals surface area (Å²) >= 11 is 5.20. The number of amides is 2. The molecule has 112 valence electrons. The summed E-state index contributed by atoms with van der Waals surface area (Å²) in [5.74, 6) is 0.145. The highest BCUT2D eigenvalue weighted by molar-refractivity contribution is 7.80. The smallest absolute Gasteiger partial charge is 0.235 e. The number of nitrogens with zero attached hydrogens (tertiary/aromatic N) is 2. The molecule has 0 spiro atoms. The molecular formula is C14H23N3O2S. The third-order valence-corrected chi connectivity index (χ3v) is 4.99. The zero-order valence-electron chi connectivity index (χ0n) is 12.1. The molecule has 1 aliphatic carbocycles. The van der Waals surface area contributed by atoms with Crippen molar-refractivity contribution in [1.82, 2.24) is 9.80 Å². The van der Waals surface area contributed by atoms with E-state index in [9.17, 15) is 9.59 Å². The van der Waals surface area contributed by atoms with E-state index in [1.165, 1.54) is 0 Å². The average molecular weight is 297 g/mol. The molecule has 1 aliphatic heterocycles. The molecule has 1 saturated carbocycles. The van der Waals surface area contributed by atoms with Gasteiger partial charge in [0.1, 0.15) is 0 Å². The minimum Gasteiger partial charge on any atom is -0.392 e. The van der Waals surface area contributed by atoms with Gasteiger partial charge in [-0.2, -0.15) is 0 Å². The number of hydrogen-bond donors (Lipinski definition) is 1. The Balaban J connectivity index is 2.06. The fourth-order valence-corrected chi connectivity index (χ4v) is 3.54. The van der Waals surface area contributed by atoms with Gasteiger partial charge in [-0.05, 0) is 12.8 Å². The van der Waals surface area contributed by atoms with Crippen LogP contribution in [0.15, 0.2) is 0 Å². The van der Waals surface area contributed by atoms with E-state index >= 15 is 0 Å². The van der Waals surface area contributed by atoms with Crippen LogP contribution < -0.4 is 5.73 Å². The van der Waals surface area contributed by atoms with E-state index in [1.54, 1.807) is 11.8 Å². The third-order valence-electron chi connectivity index (χ3n) is 4.60. The molecule has 0 unspecified atom stereocenters. The Kier molecular flexibility index (Phi) is 4.62. The van der Waals surface area contributed by atoms with Gasteiger partial charge >= 0.3 is 0 Å². The highest BCUT2D eigenvalue weighted by Gasteiger charge is 2.45. The van der Waals surface area contributed by atoms with E-state index in [1.807, 2.05) is 4.90 Å². The number of rotatable bonds is 2. The van der Waals surface area contributed by atoms with E-state index in [0.29, 0.717) is 31.2 Å². The van der Waals surface area contributed by atoms with Crippen LogP contribution in [0.2, 0.25) is 0 Å². The number of hydrogen-bond acceptors (Lipinski definition) is 3. The lowest BCUT2D eigenvalue weighted by molar-refractivity contribution is -0.144. The standard InChI is InChI=1S/C14H23N3O2S/c1-11(18)16-7-9-17(10-8-16)13(19)14(12(15)20)5-3-2-4-6-14/h2-10H2,1H3,(H2,15,20). The molecule has 0 aromatic heterocycles. The van der Waals surface area contributed by atoms with Crippen molar-refractivity contribution < 1.29 is 9.59 Å². The highest BCUT2D eigenvalue weighted by Crippen LogP contribution is 2.38. The predicted molar refractivity (Wildman–Crippen MR) is 81.1 cm³/mol. The van der Waals surface area contributed by atoms with E-state index < -0.39 is 5.41 Å². The molecule has 2 aliphatic rings. The van der Waals surface area contributed by atoms with Crippen LogP contribution in [0.25, 0.3) is 0 Å². The van der Waals surface area contributed by atoms with E-state index in [-0.39, 0.29) is 11.8 Å². The molecule has 5 nitrogen and oxygen atoms in total. The molecule has 0 aromatic carbocycles. The number of thiocarbonyl (C=S) groups is 1. The monoisotopic (exact) mass is 297 g/mol. The first kappa shape index (κ1) is 15.2. The van der Waals surface area contributed by atoms with Gasteiger partial charge in [0.05, 0.1) is 10.4 Å². The molecule has 0 bridgehead atoms. The van der Waals surface area contributed by atoms with Crippen molar-refractivity contribution in [2.75, 3.05) is 26.2 Å². The van der Waals surface area contributed by atoms with Crippen molar-refractivity contribution in [1.29, 1.82) is 0 Å². The molecule has 0 aromatic rings. The lowest BCUT2D eigenvalue weighted by Gasteiger charge is -2.42. The third kappa shape index (κ3) is 2.80. The van der Waals surface area contributed by atoms with Gasteiger partial charge in [-0.3, -0.25) is 9.59 Å². The summed E-state index contributed by atoms with van der Waals surface area (Å²) in [7, 11) is 0. The van der Waals surface area contributed by atoms with Crippen LogP contribution in [0.1, 0.15) is 39.0 Å². The second-order valence-electron chi connectivity index (χ2n) is 5.81.